The summed E-state index contributed by atoms with van der Waals surface area (Å²) < 4.78 is 8.38. The van der Waals surface area contributed by atoms with Crippen LogP contribution in [0.4, 0.5) is 5.82 Å². The largest absolute Gasteiger partial charge is 0.334 e. The van der Waals surface area contributed by atoms with Gasteiger partial charge in [-0.1, -0.05) is 6.08 Å². The van der Waals surface area contributed by atoms with Crippen molar-refractivity contribution < 1.29 is 0 Å². The van der Waals surface area contributed by atoms with Crippen LogP contribution < -0.4 is 16.0 Å². The van der Waals surface area contributed by atoms with Gasteiger partial charge < -0.3 is 16.0 Å². The highest BCUT2D eigenvalue weighted by Crippen LogP contribution is 2.31. The maximum Gasteiger partial charge on any atom is 0.165 e. The van der Waals surface area contributed by atoms with Crippen molar-refractivity contribution in [1.82, 2.24) is 35.0 Å². The summed E-state index contributed by atoms with van der Waals surface area (Å²) in [7, 11) is 1.93. The summed E-state index contributed by atoms with van der Waals surface area (Å²) in [5.74, 6) is 1.84. The Balaban J connectivity index is 1.44. The van der Waals surface area contributed by atoms with Gasteiger partial charge in [0.15, 0.2) is 5.65 Å². The second-order valence-corrected chi connectivity index (χ2v) is 9.85. The van der Waals surface area contributed by atoms with E-state index in [2.05, 4.69) is 48.9 Å². The van der Waals surface area contributed by atoms with Gasteiger partial charge in [-0.15, -0.1) is 0 Å². The highest BCUT2D eigenvalue weighted by molar-refractivity contribution is 8.02. The molecule has 5 rings (SSSR count). The van der Waals surface area contributed by atoms with E-state index in [9.17, 15) is 0 Å². The molecule has 0 spiro atoms. The van der Waals surface area contributed by atoms with Gasteiger partial charge >= 0.3 is 0 Å². The number of fused-ring (bicyclic) bond motifs is 1. The highest BCUT2D eigenvalue weighted by Gasteiger charge is 2.21. The van der Waals surface area contributed by atoms with Crippen LogP contribution >= 0.6 is 11.9 Å². The van der Waals surface area contributed by atoms with Crippen molar-refractivity contribution in [3.05, 3.63) is 41.5 Å². The van der Waals surface area contributed by atoms with E-state index in [1.165, 1.54) is 11.9 Å². The van der Waals surface area contributed by atoms with Crippen LogP contribution in [0.15, 0.2) is 40.2 Å². The maximum absolute atomic E-state index is 5.08. The van der Waals surface area contributed by atoms with Gasteiger partial charge in [0.1, 0.15) is 5.82 Å². The fraction of sp³-hybridized carbons (Fsp3) is 0.500. The second kappa shape index (κ2) is 10.7. The molecule has 0 aromatic carbocycles. The lowest BCUT2D eigenvalue weighted by Gasteiger charge is -2.23. The Bertz CT molecular complexity index is 1170. The van der Waals surface area contributed by atoms with Crippen molar-refractivity contribution in [2.45, 2.75) is 38.5 Å². The molecule has 5 heterocycles. The molecule has 1 unspecified atom stereocenters. The van der Waals surface area contributed by atoms with Crippen molar-refractivity contribution in [3.63, 3.8) is 0 Å². The van der Waals surface area contributed by atoms with Crippen LogP contribution in [0.1, 0.15) is 44.2 Å². The number of allylic oxidation sites excluding steroid dienone is 1. The van der Waals surface area contributed by atoms with Gasteiger partial charge in [0.2, 0.25) is 0 Å². The number of aromatic nitrogens is 5. The minimum Gasteiger partial charge on any atom is -0.334 e. The average Bonchev–Trinajstić information content (AvgIpc) is 3.50. The molecule has 3 aromatic heterocycles. The molecule has 0 bridgehead atoms. The van der Waals surface area contributed by atoms with Gasteiger partial charge in [-0.2, -0.15) is 14.7 Å². The van der Waals surface area contributed by atoms with Crippen LogP contribution in [-0.2, 0) is 7.05 Å². The molecule has 2 saturated heterocycles. The minimum atomic E-state index is 0.385. The summed E-state index contributed by atoms with van der Waals surface area (Å²) >= 11 is 1.48. The molecule has 9 nitrogen and oxygen atoms in total. The molecule has 10 heteroatoms. The number of nitrogens with zero attached hydrogens (tertiary/aromatic N) is 6. The molecule has 2 fully saturated rings. The van der Waals surface area contributed by atoms with E-state index in [1.54, 1.807) is 0 Å². The summed E-state index contributed by atoms with van der Waals surface area (Å²) in [5, 5.41) is 20.5. The van der Waals surface area contributed by atoms with Crippen LogP contribution in [0.25, 0.3) is 16.8 Å². The first-order valence-corrected chi connectivity index (χ1v) is 12.9. The SMILES string of the molecule is C/C=C(/Nc1cc(C2CCCNC2)nc2c(-c3cnn(C)c3)cnn12)S/N=C/C1CCNCC1. The molecule has 0 radical (unpaired) electrons. The van der Waals surface area contributed by atoms with Crippen molar-refractivity contribution in [2.75, 3.05) is 31.5 Å². The predicted molar refractivity (Wildman–Crippen MR) is 139 cm³/mol. The Morgan fingerprint density at radius 1 is 1.18 bits per heavy atom. The third kappa shape index (κ3) is 5.18. The van der Waals surface area contributed by atoms with Crippen LogP contribution in [0.5, 0.6) is 0 Å². The summed E-state index contributed by atoms with van der Waals surface area (Å²) in [6.45, 7) is 6.20. The third-order valence-electron chi connectivity index (χ3n) is 6.54. The van der Waals surface area contributed by atoms with Gasteiger partial charge in [0.05, 0.1) is 23.1 Å². The van der Waals surface area contributed by atoms with Gasteiger partial charge in [-0.25, -0.2) is 9.38 Å². The molecule has 0 amide bonds. The van der Waals surface area contributed by atoms with Crippen molar-refractivity contribution in [1.29, 1.82) is 0 Å². The molecule has 180 valence electrons. The Hall–Kier alpha value is -2.69. The van der Waals surface area contributed by atoms with Gasteiger partial charge in [0.25, 0.3) is 0 Å². The quantitative estimate of drug-likeness (QED) is 0.352. The smallest absolute Gasteiger partial charge is 0.165 e. The molecule has 2 aliphatic rings. The summed E-state index contributed by atoms with van der Waals surface area (Å²) in [4.78, 5) is 5.08. The fourth-order valence-corrected chi connectivity index (χ4v) is 5.19. The lowest BCUT2D eigenvalue weighted by atomic mass is 9.96. The standard InChI is InChI=1S/C24H33N9S/c1-3-23(34-29-12-17-6-9-25-10-7-17)31-22-11-21(18-5-4-8-26-13-18)30-24-20(15-28-33(22)24)19-14-27-32(2)16-19/h3,11-12,14-18,25-26,31H,4-10,13H2,1-2H3/b23-3-,29-12+. The Morgan fingerprint density at radius 2 is 2.06 bits per heavy atom. The predicted octanol–water partition coefficient (Wildman–Crippen LogP) is 3.59. The molecule has 34 heavy (non-hydrogen) atoms. The lowest BCUT2D eigenvalue weighted by molar-refractivity contribution is 0.455. The first-order chi connectivity index (χ1) is 16.7. The highest BCUT2D eigenvalue weighted by atomic mass is 32.2. The maximum atomic E-state index is 5.08. The molecule has 0 aliphatic carbocycles. The van der Waals surface area contributed by atoms with E-state index in [1.807, 2.05) is 41.8 Å². The van der Waals surface area contributed by atoms with Crippen LogP contribution in [-0.4, -0.2) is 56.8 Å². The first kappa shape index (κ1) is 23.1. The summed E-state index contributed by atoms with van der Waals surface area (Å²) in [6.07, 6.45) is 14.5. The fourth-order valence-electron chi connectivity index (χ4n) is 4.59. The molecule has 3 aromatic rings. The van der Waals surface area contributed by atoms with E-state index in [-0.39, 0.29) is 0 Å². The second-order valence-electron chi connectivity index (χ2n) is 9.02. The zero-order valence-corrected chi connectivity index (χ0v) is 20.7. The molecule has 0 saturated carbocycles. The number of piperidine rings is 2. The monoisotopic (exact) mass is 479 g/mol. The minimum absolute atomic E-state index is 0.385. The van der Waals surface area contributed by atoms with Crippen molar-refractivity contribution >= 4 is 29.6 Å². The summed E-state index contributed by atoms with van der Waals surface area (Å²) in [5.41, 5.74) is 3.94. The van der Waals surface area contributed by atoms with E-state index >= 15 is 0 Å². The molecular formula is C24H33N9S. The Morgan fingerprint density at radius 3 is 2.79 bits per heavy atom. The van der Waals surface area contributed by atoms with Crippen LogP contribution in [0, 0.1) is 5.92 Å². The Labute approximate surface area is 204 Å². The molecule has 3 N–H and O–H groups in total. The van der Waals surface area contributed by atoms with Crippen molar-refractivity contribution in [2.24, 2.45) is 17.4 Å². The number of aryl methyl sites for hydroxylation is 1. The zero-order valence-electron chi connectivity index (χ0n) is 19.9. The first-order valence-electron chi connectivity index (χ1n) is 12.1. The lowest BCUT2D eigenvalue weighted by Crippen LogP contribution is -2.29. The van der Waals surface area contributed by atoms with E-state index in [0.29, 0.717) is 11.8 Å². The number of rotatable bonds is 7. The number of nitrogens with one attached hydrogen (secondary N) is 3. The third-order valence-corrected chi connectivity index (χ3v) is 7.30. The zero-order chi connectivity index (χ0) is 23.3. The molecule has 1 atom stereocenters. The van der Waals surface area contributed by atoms with E-state index in [4.69, 9.17) is 4.98 Å². The van der Waals surface area contributed by atoms with Crippen LogP contribution in [0.2, 0.25) is 0 Å². The number of hydrogen-bond acceptors (Lipinski definition) is 8. The number of anilines is 1. The van der Waals surface area contributed by atoms with E-state index in [0.717, 1.165) is 85.2 Å². The average molecular weight is 480 g/mol. The van der Waals surface area contributed by atoms with Crippen molar-refractivity contribution in [3.8, 4) is 11.1 Å². The van der Waals surface area contributed by atoms with Gasteiger partial charge in [-0.3, -0.25) is 4.68 Å². The van der Waals surface area contributed by atoms with Crippen LogP contribution in [0.3, 0.4) is 0 Å². The van der Waals surface area contributed by atoms with E-state index < -0.39 is 0 Å². The molecular weight excluding hydrogens is 446 g/mol. The normalized spacial score (nSPS) is 20.4. The number of hydrogen-bond donors (Lipinski definition) is 3. The molecule has 2 aliphatic heterocycles. The topological polar surface area (TPSA) is 96.5 Å². The summed E-state index contributed by atoms with van der Waals surface area (Å²) in [6, 6.07) is 2.14. The Kier molecular flexibility index (Phi) is 7.27. The van der Waals surface area contributed by atoms with Gasteiger partial charge in [-0.05, 0) is 58.2 Å². The van der Waals surface area contributed by atoms with Gasteiger partial charge in [0, 0.05) is 61.1 Å².